The Hall–Kier alpha value is -2.65. The van der Waals surface area contributed by atoms with Crippen LogP contribution in [0.15, 0.2) is 91.0 Å². The summed E-state index contributed by atoms with van der Waals surface area (Å²) in [7, 11) is 0. The van der Waals surface area contributed by atoms with Gasteiger partial charge in [-0.2, -0.15) is 0 Å². The number of unbranched alkanes of at least 4 members (excludes halogenated alkanes) is 1. The van der Waals surface area contributed by atoms with Crippen molar-refractivity contribution in [3.8, 4) is 0 Å². The minimum absolute atomic E-state index is 0.815. The third-order valence-electron chi connectivity index (χ3n) is 4.49. The van der Waals surface area contributed by atoms with Crippen molar-refractivity contribution in [1.29, 1.82) is 0 Å². The van der Waals surface area contributed by atoms with Crippen LogP contribution in [0, 0.1) is 0 Å². The van der Waals surface area contributed by atoms with Crippen LogP contribution in [0.3, 0.4) is 0 Å². The second-order valence-electron chi connectivity index (χ2n) is 6.55. The summed E-state index contributed by atoms with van der Waals surface area (Å²) < 4.78 is 0. The van der Waals surface area contributed by atoms with Gasteiger partial charge in [0.15, 0.2) is 5.11 Å². The van der Waals surface area contributed by atoms with Gasteiger partial charge in [0, 0.05) is 24.5 Å². The molecule has 0 radical (unpaired) electrons. The van der Waals surface area contributed by atoms with Crippen molar-refractivity contribution in [1.82, 2.24) is 4.90 Å². The van der Waals surface area contributed by atoms with Crippen LogP contribution in [0.1, 0.15) is 25.3 Å². The van der Waals surface area contributed by atoms with Gasteiger partial charge in [-0.05, 0) is 48.5 Å². The fourth-order valence-corrected chi connectivity index (χ4v) is 3.43. The fourth-order valence-electron chi connectivity index (χ4n) is 3.06. The number of hydrogen-bond donors (Lipinski definition) is 0. The number of rotatable bonds is 7. The van der Waals surface area contributed by atoms with Gasteiger partial charge in [-0.25, -0.2) is 0 Å². The van der Waals surface area contributed by atoms with Crippen molar-refractivity contribution >= 4 is 28.7 Å². The number of para-hydroxylation sites is 2. The van der Waals surface area contributed by atoms with Gasteiger partial charge in [0.05, 0.1) is 0 Å². The van der Waals surface area contributed by atoms with E-state index in [1.165, 1.54) is 5.56 Å². The zero-order chi connectivity index (χ0) is 18.9. The van der Waals surface area contributed by atoms with Crippen LogP contribution >= 0.6 is 12.2 Å². The summed E-state index contributed by atoms with van der Waals surface area (Å²) >= 11 is 6.03. The van der Waals surface area contributed by atoms with Gasteiger partial charge in [-0.1, -0.05) is 80.1 Å². The average molecular weight is 375 g/mol. The van der Waals surface area contributed by atoms with E-state index in [4.69, 9.17) is 12.2 Å². The molecule has 0 unspecified atom stereocenters. The molecule has 0 amide bonds. The Morgan fingerprint density at radius 2 is 1.22 bits per heavy atom. The van der Waals surface area contributed by atoms with Crippen molar-refractivity contribution in [2.75, 3.05) is 11.4 Å². The summed E-state index contributed by atoms with van der Waals surface area (Å²) in [5, 5.41) is 0.838. The highest BCUT2D eigenvalue weighted by molar-refractivity contribution is 7.80. The summed E-state index contributed by atoms with van der Waals surface area (Å²) in [6.07, 6.45) is 2.26. The molecule has 0 fully saturated rings. The third-order valence-corrected chi connectivity index (χ3v) is 4.93. The molecule has 0 heterocycles. The predicted octanol–water partition coefficient (Wildman–Crippen LogP) is 6.41. The molecule has 0 bridgehead atoms. The third kappa shape index (κ3) is 5.18. The first-order chi connectivity index (χ1) is 13.3. The minimum atomic E-state index is 0.815. The molecule has 0 saturated carbocycles. The average Bonchev–Trinajstić information content (AvgIpc) is 2.73. The number of anilines is 2. The molecular formula is C24H26N2S. The lowest BCUT2D eigenvalue weighted by molar-refractivity contribution is 0.404. The van der Waals surface area contributed by atoms with E-state index in [-0.39, 0.29) is 0 Å². The Morgan fingerprint density at radius 1 is 0.741 bits per heavy atom. The van der Waals surface area contributed by atoms with Gasteiger partial charge >= 0.3 is 0 Å². The summed E-state index contributed by atoms with van der Waals surface area (Å²) in [6.45, 7) is 3.98. The van der Waals surface area contributed by atoms with Crippen molar-refractivity contribution in [2.45, 2.75) is 26.3 Å². The number of hydrogen-bond acceptors (Lipinski definition) is 1. The van der Waals surface area contributed by atoms with E-state index in [1.54, 1.807) is 0 Å². The monoisotopic (exact) mass is 374 g/mol. The molecule has 0 aliphatic rings. The maximum Gasteiger partial charge on any atom is 0.181 e. The van der Waals surface area contributed by atoms with E-state index in [2.05, 4.69) is 95.6 Å². The molecule has 27 heavy (non-hydrogen) atoms. The van der Waals surface area contributed by atoms with Gasteiger partial charge in [0.25, 0.3) is 0 Å². The van der Waals surface area contributed by atoms with Crippen LogP contribution in [-0.2, 0) is 6.54 Å². The molecule has 3 rings (SSSR count). The first-order valence-corrected chi connectivity index (χ1v) is 9.93. The Kier molecular flexibility index (Phi) is 7.00. The van der Waals surface area contributed by atoms with Gasteiger partial charge < -0.3 is 4.90 Å². The molecule has 0 saturated heterocycles. The highest BCUT2D eigenvalue weighted by Gasteiger charge is 2.20. The zero-order valence-corrected chi connectivity index (χ0v) is 16.6. The first-order valence-electron chi connectivity index (χ1n) is 9.52. The molecule has 0 spiro atoms. The van der Waals surface area contributed by atoms with Crippen molar-refractivity contribution < 1.29 is 0 Å². The number of benzene rings is 3. The molecule has 3 aromatic carbocycles. The predicted molar refractivity (Wildman–Crippen MR) is 119 cm³/mol. The maximum atomic E-state index is 6.03. The van der Waals surface area contributed by atoms with E-state index < -0.39 is 0 Å². The standard InChI is InChI=1S/C24H26N2S/c1-2-3-19-25(20-21-13-7-4-8-14-21)24(27)26(22-15-9-5-10-16-22)23-17-11-6-12-18-23/h4-18H,2-3,19-20H2,1H3. The van der Waals surface area contributed by atoms with Crippen molar-refractivity contribution in [3.63, 3.8) is 0 Å². The van der Waals surface area contributed by atoms with Crippen LogP contribution in [0.4, 0.5) is 11.4 Å². The summed E-state index contributed by atoms with van der Waals surface area (Å²) in [6, 6.07) is 31.3. The van der Waals surface area contributed by atoms with E-state index in [9.17, 15) is 0 Å². The van der Waals surface area contributed by atoms with Gasteiger partial charge in [0.1, 0.15) is 0 Å². The van der Waals surface area contributed by atoms with Crippen molar-refractivity contribution in [2.24, 2.45) is 0 Å². The van der Waals surface area contributed by atoms with Gasteiger partial charge in [-0.3, -0.25) is 4.90 Å². The van der Waals surface area contributed by atoms with Crippen LogP contribution < -0.4 is 4.90 Å². The lowest BCUT2D eigenvalue weighted by atomic mass is 10.2. The normalized spacial score (nSPS) is 10.4. The molecule has 138 valence electrons. The summed E-state index contributed by atoms with van der Waals surface area (Å²) in [4.78, 5) is 4.49. The van der Waals surface area contributed by atoms with Crippen LogP contribution in [0.5, 0.6) is 0 Å². The van der Waals surface area contributed by atoms with E-state index in [1.807, 2.05) is 12.1 Å². The summed E-state index contributed by atoms with van der Waals surface area (Å²) in [5.41, 5.74) is 3.45. The van der Waals surface area contributed by atoms with Crippen molar-refractivity contribution in [3.05, 3.63) is 96.6 Å². The first kappa shape index (κ1) is 19.1. The molecule has 3 heteroatoms. The van der Waals surface area contributed by atoms with E-state index in [0.717, 1.165) is 42.4 Å². The smallest absolute Gasteiger partial charge is 0.181 e. The van der Waals surface area contributed by atoms with E-state index >= 15 is 0 Å². The molecule has 2 nitrogen and oxygen atoms in total. The second kappa shape index (κ2) is 9.89. The molecule has 0 N–H and O–H groups in total. The highest BCUT2D eigenvalue weighted by atomic mass is 32.1. The maximum absolute atomic E-state index is 6.03. The zero-order valence-electron chi connectivity index (χ0n) is 15.8. The highest BCUT2D eigenvalue weighted by Crippen LogP contribution is 2.27. The topological polar surface area (TPSA) is 6.48 Å². The Balaban J connectivity index is 1.93. The van der Waals surface area contributed by atoms with E-state index in [0.29, 0.717) is 0 Å². The second-order valence-corrected chi connectivity index (χ2v) is 6.91. The molecule has 0 aliphatic heterocycles. The molecule has 0 aromatic heterocycles. The molecule has 0 aliphatic carbocycles. The Morgan fingerprint density at radius 3 is 1.70 bits per heavy atom. The quantitative estimate of drug-likeness (QED) is 0.441. The molecule has 0 atom stereocenters. The number of nitrogens with zero attached hydrogens (tertiary/aromatic N) is 2. The Labute approximate surface area is 168 Å². The fraction of sp³-hybridized carbons (Fsp3) is 0.208. The lowest BCUT2D eigenvalue weighted by Crippen LogP contribution is -2.40. The lowest BCUT2D eigenvalue weighted by Gasteiger charge is -2.34. The number of thiocarbonyl (C=S) groups is 1. The molecule has 3 aromatic rings. The van der Waals surface area contributed by atoms with Gasteiger partial charge in [0.2, 0.25) is 0 Å². The van der Waals surface area contributed by atoms with Crippen LogP contribution in [0.25, 0.3) is 0 Å². The summed E-state index contributed by atoms with van der Waals surface area (Å²) in [5.74, 6) is 0. The minimum Gasteiger partial charge on any atom is -0.344 e. The van der Waals surface area contributed by atoms with Crippen LogP contribution in [-0.4, -0.2) is 16.6 Å². The van der Waals surface area contributed by atoms with Crippen LogP contribution in [0.2, 0.25) is 0 Å². The Bertz CT molecular complexity index is 779. The van der Waals surface area contributed by atoms with Gasteiger partial charge in [-0.15, -0.1) is 0 Å². The largest absolute Gasteiger partial charge is 0.344 e. The molecular weight excluding hydrogens is 348 g/mol. The SMILES string of the molecule is CCCCN(Cc1ccccc1)C(=S)N(c1ccccc1)c1ccccc1.